The van der Waals surface area contributed by atoms with Gasteiger partial charge in [-0.1, -0.05) is 36.4 Å². The van der Waals surface area contributed by atoms with Gasteiger partial charge in [-0.15, -0.1) is 0 Å². The van der Waals surface area contributed by atoms with Crippen LogP contribution >= 0.6 is 0 Å². The van der Waals surface area contributed by atoms with Crippen LogP contribution in [0.4, 0.5) is 4.79 Å². The number of ether oxygens (including phenoxy) is 3. The van der Waals surface area contributed by atoms with Crippen LogP contribution in [0.1, 0.15) is 33.3 Å². The summed E-state index contributed by atoms with van der Waals surface area (Å²) in [5.74, 6) is -1.37. The number of aliphatic imine (C=N–C) groups is 1. The summed E-state index contributed by atoms with van der Waals surface area (Å²) >= 11 is 0. The van der Waals surface area contributed by atoms with Gasteiger partial charge in [-0.05, 0) is 45.4 Å². The Labute approximate surface area is 216 Å². The summed E-state index contributed by atoms with van der Waals surface area (Å²) in [6, 6.07) is 7.98. The van der Waals surface area contributed by atoms with Crippen molar-refractivity contribution in [1.29, 1.82) is 0 Å². The number of allylic oxidation sites excluding steroid dienone is 2. The van der Waals surface area contributed by atoms with Gasteiger partial charge in [0.2, 0.25) is 5.91 Å². The van der Waals surface area contributed by atoms with E-state index in [-0.39, 0.29) is 18.6 Å². The topological polar surface area (TPSA) is 170 Å². The molecule has 5 N–H and O–H groups in total. The van der Waals surface area contributed by atoms with E-state index in [1.54, 1.807) is 52.0 Å². The summed E-state index contributed by atoms with van der Waals surface area (Å²) in [6.07, 6.45) is 0.151. The number of amides is 2. The molecule has 11 nitrogen and oxygen atoms in total. The Kier molecular flexibility index (Phi) is 11.0. The maximum absolute atomic E-state index is 12.9. The van der Waals surface area contributed by atoms with Crippen LogP contribution in [0.2, 0.25) is 0 Å². The number of esters is 1. The fourth-order valence-electron chi connectivity index (χ4n) is 3.35. The average Bonchev–Trinajstić information content (AvgIpc) is 3.09. The molecule has 37 heavy (non-hydrogen) atoms. The van der Waals surface area contributed by atoms with Gasteiger partial charge in [0.1, 0.15) is 36.6 Å². The minimum Gasteiger partial charge on any atom is -0.461 e. The van der Waals surface area contributed by atoms with E-state index in [1.165, 1.54) is 24.4 Å². The highest BCUT2D eigenvalue weighted by Crippen LogP contribution is 2.22. The Morgan fingerprint density at radius 3 is 2.46 bits per heavy atom. The van der Waals surface area contributed by atoms with Crippen molar-refractivity contribution in [2.45, 2.75) is 70.3 Å². The van der Waals surface area contributed by atoms with Gasteiger partial charge in [-0.25, -0.2) is 9.59 Å². The zero-order valence-corrected chi connectivity index (χ0v) is 21.4. The van der Waals surface area contributed by atoms with E-state index in [4.69, 9.17) is 19.9 Å². The van der Waals surface area contributed by atoms with Gasteiger partial charge in [0.05, 0.1) is 0 Å². The van der Waals surface area contributed by atoms with Crippen LogP contribution in [0.25, 0.3) is 0 Å². The van der Waals surface area contributed by atoms with E-state index in [1.807, 2.05) is 6.07 Å². The lowest BCUT2D eigenvalue weighted by Gasteiger charge is -2.23. The minimum absolute atomic E-state index is 0.147. The smallest absolute Gasteiger partial charge is 0.408 e. The van der Waals surface area contributed by atoms with Crippen LogP contribution in [0, 0.1) is 0 Å². The number of hydrogen-bond donors (Lipinski definition) is 4. The lowest BCUT2D eigenvalue weighted by atomic mass is 10.1. The van der Waals surface area contributed by atoms with E-state index in [0.29, 0.717) is 0 Å². The predicted octanol–water partition coefficient (Wildman–Crippen LogP) is 1.17. The van der Waals surface area contributed by atoms with Gasteiger partial charge in [0.25, 0.3) is 0 Å². The predicted molar refractivity (Wildman–Crippen MR) is 136 cm³/mol. The third-order valence-corrected chi connectivity index (χ3v) is 5.18. The number of benzene rings is 1. The first-order valence-electron chi connectivity index (χ1n) is 11.8. The number of nitrogens with two attached hydrogens (primary N) is 1. The molecule has 11 heteroatoms. The van der Waals surface area contributed by atoms with Crippen molar-refractivity contribution in [2.24, 2.45) is 10.7 Å². The van der Waals surface area contributed by atoms with Crippen LogP contribution in [-0.4, -0.2) is 77.2 Å². The standard InChI is InChI=1S/C26H35N3O8/c1-5-17(22(27)32)12-9-13-28-23-21(31)20(30)19(36-23)15-35-24(33)18(14-16-10-7-6-8-11-16)29-25(34)37-26(2,3)4/h5-13,18-21,23,30-31H,14-15H2,1-4H3,(H2,27,32)(H,29,34)/b12-9-,17-5+,28-13+/t18-,19+,20+,21+,23+/m0/s1. The Balaban J connectivity index is 2.00. The number of alkyl carbamates (subject to hydrolysis) is 1. The SMILES string of the molecule is C\C=C(/C=C\C=N\[C@@H]1O[C@H](COC(=O)[C@H](Cc2ccccc2)NC(=O)OC(C)(C)C)[C@@H](O)[C@H]1O)C(N)=O. The molecule has 1 saturated heterocycles. The molecule has 1 heterocycles. The van der Waals surface area contributed by atoms with Gasteiger partial charge in [-0.3, -0.25) is 9.79 Å². The van der Waals surface area contributed by atoms with E-state index < -0.39 is 54.2 Å². The second-order valence-corrected chi connectivity index (χ2v) is 9.33. The Morgan fingerprint density at radius 2 is 1.86 bits per heavy atom. The molecule has 1 aromatic rings. The minimum atomic E-state index is -1.37. The molecule has 2 rings (SSSR count). The number of hydrogen-bond acceptors (Lipinski definition) is 9. The molecule has 0 aromatic heterocycles. The number of carbonyl (C=O) groups excluding carboxylic acids is 3. The number of aliphatic hydroxyl groups is 2. The number of nitrogens with zero attached hydrogens (tertiary/aromatic N) is 1. The number of rotatable bonds is 10. The molecule has 0 saturated carbocycles. The molecule has 0 radical (unpaired) electrons. The Morgan fingerprint density at radius 1 is 1.19 bits per heavy atom. The molecule has 1 fully saturated rings. The molecule has 1 aliphatic heterocycles. The van der Waals surface area contributed by atoms with Gasteiger partial charge >= 0.3 is 12.1 Å². The highest BCUT2D eigenvalue weighted by atomic mass is 16.6. The van der Waals surface area contributed by atoms with Crippen LogP contribution in [-0.2, 0) is 30.2 Å². The lowest BCUT2D eigenvalue weighted by molar-refractivity contribution is -0.151. The van der Waals surface area contributed by atoms with Crippen LogP contribution < -0.4 is 11.1 Å². The molecule has 1 aromatic carbocycles. The van der Waals surface area contributed by atoms with Crippen molar-refractivity contribution in [2.75, 3.05) is 6.61 Å². The van der Waals surface area contributed by atoms with Gasteiger partial charge < -0.3 is 35.5 Å². The zero-order valence-electron chi connectivity index (χ0n) is 21.4. The normalized spacial score (nSPS) is 23.2. The second-order valence-electron chi connectivity index (χ2n) is 9.33. The van der Waals surface area contributed by atoms with Crippen LogP contribution in [0.5, 0.6) is 0 Å². The highest BCUT2D eigenvalue weighted by Gasteiger charge is 2.43. The second kappa shape index (κ2) is 13.7. The summed E-state index contributed by atoms with van der Waals surface area (Å²) in [4.78, 5) is 40.4. The van der Waals surface area contributed by atoms with Crippen molar-refractivity contribution in [3.8, 4) is 0 Å². The molecular formula is C26H35N3O8. The maximum atomic E-state index is 12.9. The Hall–Kier alpha value is -3.54. The molecule has 0 bridgehead atoms. The summed E-state index contributed by atoms with van der Waals surface area (Å²) in [6.45, 7) is 6.37. The van der Waals surface area contributed by atoms with Gasteiger partial charge in [-0.2, -0.15) is 0 Å². The molecular weight excluding hydrogens is 482 g/mol. The lowest BCUT2D eigenvalue weighted by Crippen LogP contribution is -2.46. The largest absolute Gasteiger partial charge is 0.461 e. The van der Waals surface area contributed by atoms with Crippen molar-refractivity contribution >= 4 is 24.2 Å². The molecule has 0 unspecified atom stereocenters. The first-order chi connectivity index (χ1) is 17.4. The van der Waals surface area contributed by atoms with Gasteiger partial charge in [0.15, 0.2) is 6.23 Å². The monoisotopic (exact) mass is 517 g/mol. The van der Waals surface area contributed by atoms with Crippen LogP contribution in [0.15, 0.2) is 59.1 Å². The van der Waals surface area contributed by atoms with Gasteiger partial charge in [0, 0.05) is 18.2 Å². The van der Waals surface area contributed by atoms with E-state index in [9.17, 15) is 24.6 Å². The third-order valence-electron chi connectivity index (χ3n) is 5.18. The van der Waals surface area contributed by atoms with E-state index in [2.05, 4.69) is 10.3 Å². The molecule has 0 aliphatic carbocycles. The summed E-state index contributed by atoms with van der Waals surface area (Å²) in [7, 11) is 0. The zero-order chi connectivity index (χ0) is 27.6. The molecule has 202 valence electrons. The molecule has 1 aliphatic rings. The molecule has 0 spiro atoms. The van der Waals surface area contributed by atoms with Crippen molar-refractivity contribution in [1.82, 2.24) is 5.32 Å². The molecule has 2 amide bonds. The molecule has 5 atom stereocenters. The number of aliphatic hydroxyl groups excluding tert-OH is 2. The van der Waals surface area contributed by atoms with E-state index >= 15 is 0 Å². The summed E-state index contributed by atoms with van der Waals surface area (Å²) < 4.78 is 16.1. The quantitative estimate of drug-likeness (QED) is 0.155. The summed E-state index contributed by atoms with van der Waals surface area (Å²) in [5.41, 5.74) is 5.51. The van der Waals surface area contributed by atoms with Crippen molar-refractivity contribution in [3.63, 3.8) is 0 Å². The van der Waals surface area contributed by atoms with Crippen molar-refractivity contribution < 1.29 is 38.8 Å². The number of primary amides is 1. The highest BCUT2D eigenvalue weighted by molar-refractivity contribution is 5.95. The fraction of sp³-hybridized carbons (Fsp3) is 0.462. The third kappa shape index (κ3) is 9.79. The van der Waals surface area contributed by atoms with Crippen molar-refractivity contribution in [3.05, 3.63) is 59.7 Å². The first-order valence-corrected chi connectivity index (χ1v) is 11.8. The summed E-state index contributed by atoms with van der Waals surface area (Å²) in [5, 5.41) is 23.1. The Bertz CT molecular complexity index is 1020. The van der Waals surface area contributed by atoms with Crippen LogP contribution in [0.3, 0.4) is 0 Å². The van der Waals surface area contributed by atoms with E-state index in [0.717, 1.165) is 5.56 Å². The first kappa shape index (κ1) is 29.7. The maximum Gasteiger partial charge on any atom is 0.408 e. The number of carbonyl (C=O) groups is 3. The fourth-order valence-corrected chi connectivity index (χ4v) is 3.35. The number of nitrogens with one attached hydrogen (secondary N) is 1. The average molecular weight is 518 g/mol.